The molecule has 4 N–H and O–H groups in total. The quantitative estimate of drug-likeness (QED) is 0.630. The van der Waals surface area contributed by atoms with Crippen molar-refractivity contribution in [2.24, 2.45) is 0 Å². The van der Waals surface area contributed by atoms with Crippen molar-refractivity contribution in [2.75, 3.05) is 6.54 Å². The molecule has 0 spiro atoms. The molecule has 0 heterocycles. The van der Waals surface area contributed by atoms with Gasteiger partial charge in [0.1, 0.15) is 5.82 Å². The maximum absolute atomic E-state index is 13.4. The Bertz CT molecular complexity index is 467. The van der Waals surface area contributed by atoms with Crippen LogP contribution < -0.4 is 10.6 Å². The Balaban J connectivity index is 2.49. The molecule has 1 aromatic rings. The zero-order chi connectivity index (χ0) is 14.4. The average Bonchev–Trinajstić information content (AvgIpc) is 2.36. The number of carboxylic acids is 1. The monoisotopic (exact) mass is 270 g/mol. The lowest BCUT2D eigenvalue weighted by Crippen LogP contribution is -2.42. The van der Waals surface area contributed by atoms with E-state index < -0.39 is 36.5 Å². The van der Waals surface area contributed by atoms with Gasteiger partial charge in [-0.2, -0.15) is 0 Å². The Hall–Kier alpha value is -2.15. The molecule has 6 nitrogen and oxygen atoms in total. The van der Waals surface area contributed by atoms with Gasteiger partial charge in [-0.1, -0.05) is 18.2 Å². The minimum Gasteiger partial charge on any atom is -0.479 e. The van der Waals surface area contributed by atoms with E-state index in [1.54, 1.807) is 13.0 Å². The van der Waals surface area contributed by atoms with E-state index in [1.807, 2.05) is 0 Å². The van der Waals surface area contributed by atoms with Gasteiger partial charge < -0.3 is 20.8 Å². The van der Waals surface area contributed by atoms with E-state index in [4.69, 9.17) is 10.2 Å². The number of benzene rings is 1. The van der Waals surface area contributed by atoms with Crippen molar-refractivity contribution in [1.29, 1.82) is 0 Å². The Labute approximate surface area is 109 Å². The van der Waals surface area contributed by atoms with Crippen LogP contribution in [0.25, 0.3) is 0 Å². The van der Waals surface area contributed by atoms with Gasteiger partial charge in [0.05, 0.1) is 12.6 Å². The number of aliphatic hydroxyl groups is 1. The van der Waals surface area contributed by atoms with E-state index in [1.165, 1.54) is 18.2 Å². The smallest absolute Gasteiger partial charge is 0.334 e. The minimum atomic E-state index is -1.67. The Morgan fingerprint density at radius 1 is 1.37 bits per heavy atom. The third-order valence-electron chi connectivity index (χ3n) is 2.46. The number of carboxylic acid groups (broad SMARTS) is 1. The zero-order valence-electron chi connectivity index (χ0n) is 10.3. The first-order chi connectivity index (χ1) is 8.91. The van der Waals surface area contributed by atoms with Crippen molar-refractivity contribution in [3.05, 3.63) is 35.6 Å². The highest BCUT2D eigenvalue weighted by atomic mass is 19.1. The Morgan fingerprint density at radius 3 is 2.58 bits per heavy atom. The molecular formula is C12H15FN2O4. The van der Waals surface area contributed by atoms with Crippen molar-refractivity contribution < 1.29 is 24.2 Å². The largest absolute Gasteiger partial charge is 0.479 e. The van der Waals surface area contributed by atoms with Crippen molar-refractivity contribution in [3.63, 3.8) is 0 Å². The van der Waals surface area contributed by atoms with Gasteiger partial charge in [-0.15, -0.1) is 0 Å². The third kappa shape index (κ3) is 4.55. The summed E-state index contributed by atoms with van der Waals surface area (Å²) in [5, 5.41) is 22.0. The van der Waals surface area contributed by atoms with E-state index in [0.717, 1.165) is 0 Å². The molecule has 0 aliphatic heterocycles. The lowest BCUT2D eigenvalue weighted by Gasteiger charge is -2.16. The van der Waals surface area contributed by atoms with E-state index in [2.05, 4.69) is 10.6 Å². The van der Waals surface area contributed by atoms with Crippen LogP contribution in [0.2, 0.25) is 0 Å². The summed E-state index contributed by atoms with van der Waals surface area (Å²) in [6, 6.07) is 4.72. The molecule has 2 atom stereocenters. The maximum atomic E-state index is 13.4. The standard InChI is InChI=1S/C12H15FN2O4/c1-7(8-4-2-3-5-9(8)13)15-12(19)14-6-10(16)11(17)18/h2-5,7,10,16H,6H2,1H3,(H,17,18)(H2,14,15,19). The summed E-state index contributed by atoms with van der Waals surface area (Å²) >= 11 is 0. The van der Waals surface area contributed by atoms with Crippen molar-refractivity contribution in [2.45, 2.75) is 19.1 Å². The van der Waals surface area contributed by atoms with Crippen LogP contribution >= 0.6 is 0 Å². The van der Waals surface area contributed by atoms with Gasteiger partial charge in [-0.25, -0.2) is 14.0 Å². The molecular weight excluding hydrogens is 255 g/mol. The predicted octanol–water partition coefficient (Wildman–Crippen LogP) is 0.631. The number of carbonyl (C=O) groups excluding carboxylic acids is 1. The van der Waals surface area contributed by atoms with E-state index in [-0.39, 0.29) is 0 Å². The molecule has 7 heteroatoms. The summed E-state index contributed by atoms with van der Waals surface area (Å²) in [6.45, 7) is 1.16. The number of nitrogens with one attached hydrogen (secondary N) is 2. The number of halogens is 1. The molecule has 0 aliphatic rings. The van der Waals surface area contributed by atoms with Crippen LogP contribution in [0.4, 0.5) is 9.18 Å². The van der Waals surface area contributed by atoms with Gasteiger partial charge in [-0.05, 0) is 13.0 Å². The summed E-state index contributed by atoms with van der Waals surface area (Å²) in [4.78, 5) is 21.7. The first-order valence-corrected chi connectivity index (χ1v) is 5.61. The molecule has 1 aromatic carbocycles. The molecule has 0 aliphatic carbocycles. The Morgan fingerprint density at radius 2 is 2.00 bits per heavy atom. The highest BCUT2D eigenvalue weighted by molar-refractivity contribution is 5.76. The highest BCUT2D eigenvalue weighted by Crippen LogP contribution is 2.15. The average molecular weight is 270 g/mol. The van der Waals surface area contributed by atoms with E-state index >= 15 is 0 Å². The summed E-state index contributed by atoms with van der Waals surface area (Å²) in [5.74, 6) is -1.87. The Kier molecular flexibility index (Phi) is 5.25. The lowest BCUT2D eigenvalue weighted by molar-refractivity contribution is -0.146. The van der Waals surface area contributed by atoms with Crippen LogP contribution in [0.3, 0.4) is 0 Å². The SMILES string of the molecule is CC(NC(=O)NCC(O)C(=O)O)c1ccccc1F. The molecule has 0 radical (unpaired) electrons. The number of hydrogen-bond donors (Lipinski definition) is 4. The zero-order valence-corrected chi connectivity index (χ0v) is 10.3. The van der Waals surface area contributed by atoms with Gasteiger partial charge in [0.2, 0.25) is 0 Å². The highest BCUT2D eigenvalue weighted by Gasteiger charge is 2.16. The van der Waals surface area contributed by atoms with Gasteiger partial charge >= 0.3 is 12.0 Å². The maximum Gasteiger partial charge on any atom is 0.334 e. The van der Waals surface area contributed by atoms with E-state index in [9.17, 15) is 14.0 Å². The molecule has 2 amide bonds. The van der Waals surface area contributed by atoms with Crippen molar-refractivity contribution in [1.82, 2.24) is 10.6 Å². The van der Waals surface area contributed by atoms with Crippen molar-refractivity contribution >= 4 is 12.0 Å². The number of amides is 2. The van der Waals surface area contributed by atoms with Crippen LogP contribution in [0.15, 0.2) is 24.3 Å². The number of aliphatic carboxylic acids is 1. The van der Waals surface area contributed by atoms with Gasteiger partial charge in [-0.3, -0.25) is 0 Å². The van der Waals surface area contributed by atoms with Crippen LogP contribution in [-0.4, -0.2) is 34.9 Å². The van der Waals surface area contributed by atoms with Crippen molar-refractivity contribution in [3.8, 4) is 0 Å². The molecule has 0 fully saturated rings. The summed E-state index contributed by atoms with van der Waals surface area (Å²) in [6.07, 6.45) is -1.67. The topological polar surface area (TPSA) is 98.7 Å². The number of rotatable bonds is 5. The van der Waals surface area contributed by atoms with Gasteiger partial charge in [0.15, 0.2) is 6.10 Å². The molecule has 1 rings (SSSR count). The summed E-state index contributed by atoms with van der Waals surface area (Å²) in [7, 11) is 0. The number of carbonyl (C=O) groups is 2. The predicted molar refractivity (Wildman–Crippen MR) is 65.0 cm³/mol. The fourth-order valence-corrected chi connectivity index (χ4v) is 1.43. The van der Waals surface area contributed by atoms with Crippen LogP contribution in [0.5, 0.6) is 0 Å². The molecule has 0 bridgehead atoms. The molecule has 0 saturated heterocycles. The molecule has 2 unspecified atom stereocenters. The second-order valence-electron chi connectivity index (χ2n) is 3.95. The van der Waals surface area contributed by atoms with Crippen LogP contribution in [-0.2, 0) is 4.79 Å². The molecule has 0 saturated carbocycles. The number of hydrogen-bond acceptors (Lipinski definition) is 3. The molecule has 0 aromatic heterocycles. The fourth-order valence-electron chi connectivity index (χ4n) is 1.43. The third-order valence-corrected chi connectivity index (χ3v) is 2.46. The second kappa shape index (κ2) is 6.69. The normalized spacial score (nSPS) is 13.4. The first-order valence-electron chi connectivity index (χ1n) is 5.61. The summed E-state index contributed by atoms with van der Waals surface area (Å²) < 4.78 is 13.4. The molecule has 104 valence electrons. The van der Waals surface area contributed by atoms with Crippen LogP contribution in [0, 0.1) is 5.82 Å². The van der Waals surface area contributed by atoms with E-state index in [0.29, 0.717) is 5.56 Å². The molecule has 19 heavy (non-hydrogen) atoms. The van der Waals surface area contributed by atoms with Gasteiger partial charge in [0.25, 0.3) is 0 Å². The fraction of sp³-hybridized carbons (Fsp3) is 0.333. The van der Waals surface area contributed by atoms with Gasteiger partial charge in [0, 0.05) is 5.56 Å². The van der Waals surface area contributed by atoms with Crippen LogP contribution in [0.1, 0.15) is 18.5 Å². The summed E-state index contributed by atoms with van der Waals surface area (Å²) in [5.41, 5.74) is 0.316. The first kappa shape index (κ1) is 14.9. The number of urea groups is 1. The second-order valence-corrected chi connectivity index (χ2v) is 3.95. The number of aliphatic hydroxyl groups excluding tert-OH is 1. The lowest BCUT2D eigenvalue weighted by atomic mass is 10.1. The minimum absolute atomic E-state index is 0.316.